The van der Waals surface area contributed by atoms with E-state index in [9.17, 15) is 13.2 Å². The minimum atomic E-state index is -3.73. The third kappa shape index (κ3) is 6.51. The smallest absolute Gasteiger partial charge is 0.243 e. The predicted molar refractivity (Wildman–Crippen MR) is 110 cm³/mol. The molecule has 0 aliphatic carbocycles. The van der Waals surface area contributed by atoms with E-state index in [2.05, 4.69) is 5.32 Å². The van der Waals surface area contributed by atoms with Gasteiger partial charge in [-0.3, -0.25) is 4.79 Å². The average molecular weight is 425 g/mol. The van der Waals surface area contributed by atoms with Crippen LogP contribution in [-0.2, 0) is 21.2 Å². The summed E-state index contributed by atoms with van der Waals surface area (Å²) in [5, 5.41) is 3.21. The van der Waals surface area contributed by atoms with Crippen molar-refractivity contribution in [3.8, 4) is 5.75 Å². The second-order valence-electron chi connectivity index (χ2n) is 6.25. The Morgan fingerprint density at radius 3 is 2.36 bits per heavy atom. The van der Waals surface area contributed by atoms with Crippen molar-refractivity contribution in [3.63, 3.8) is 0 Å². The van der Waals surface area contributed by atoms with Crippen LogP contribution in [0.3, 0.4) is 0 Å². The highest BCUT2D eigenvalue weighted by Crippen LogP contribution is 2.17. The van der Waals surface area contributed by atoms with Gasteiger partial charge in [-0.15, -0.1) is 0 Å². The van der Waals surface area contributed by atoms with E-state index in [1.165, 1.54) is 31.3 Å². The predicted octanol–water partition coefficient (Wildman–Crippen LogP) is 3.11. The quantitative estimate of drug-likeness (QED) is 0.594. The Balaban J connectivity index is 1.76. The Bertz CT molecular complexity index is 868. The summed E-state index contributed by atoms with van der Waals surface area (Å²) in [4.78, 5) is 12.2. The van der Waals surface area contributed by atoms with E-state index in [1.54, 1.807) is 0 Å². The molecular weight excluding hydrogens is 400 g/mol. The highest BCUT2D eigenvalue weighted by Gasteiger charge is 2.22. The summed E-state index contributed by atoms with van der Waals surface area (Å²) in [6.45, 7) is 2.80. The number of nitrogens with zero attached hydrogens (tertiary/aromatic N) is 1. The van der Waals surface area contributed by atoms with E-state index in [1.807, 2.05) is 31.2 Å². The fourth-order valence-electron chi connectivity index (χ4n) is 2.57. The molecule has 0 atom stereocenters. The third-order valence-corrected chi connectivity index (χ3v) is 6.16. The summed E-state index contributed by atoms with van der Waals surface area (Å²) in [5.74, 6) is 0.496. The van der Waals surface area contributed by atoms with Gasteiger partial charge in [-0.25, -0.2) is 8.42 Å². The second kappa shape index (κ2) is 10.5. The van der Waals surface area contributed by atoms with Crippen molar-refractivity contribution < 1.29 is 17.9 Å². The van der Waals surface area contributed by atoms with E-state index in [-0.39, 0.29) is 17.3 Å². The molecule has 0 radical (unpaired) electrons. The summed E-state index contributed by atoms with van der Waals surface area (Å²) in [7, 11) is -2.35. The number of carbonyl (C=O) groups excluding carboxylic acids is 1. The molecule has 2 aromatic carbocycles. The maximum absolute atomic E-state index is 12.5. The lowest BCUT2D eigenvalue weighted by Gasteiger charge is -2.17. The molecule has 0 spiro atoms. The molecule has 8 heteroatoms. The van der Waals surface area contributed by atoms with Crippen molar-refractivity contribution in [2.45, 2.75) is 24.7 Å². The maximum Gasteiger partial charge on any atom is 0.243 e. The van der Waals surface area contributed by atoms with Crippen LogP contribution in [0.1, 0.15) is 18.9 Å². The number of aryl methyl sites for hydroxylation is 1. The molecule has 2 aromatic rings. The number of hydrogen-bond acceptors (Lipinski definition) is 4. The lowest BCUT2D eigenvalue weighted by atomic mass is 10.1. The number of nitrogens with one attached hydrogen (secondary N) is 1. The number of carbonyl (C=O) groups is 1. The fourth-order valence-corrected chi connectivity index (χ4v) is 3.82. The molecule has 152 valence electrons. The molecule has 0 aliphatic heterocycles. The number of sulfonamides is 1. The molecule has 0 bridgehead atoms. The standard InChI is InChI=1S/C20H25ClN2O4S/c1-3-27-18-10-6-16(7-11-18)5-4-14-22-20(24)15-23(2)28(25,26)19-12-8-17(21)9-13-19/h6-13H,3-5,14-15H2,1-2H3,(H,22,24). The molecule has 0 unspecified atom stereocenters. The Morgan fingerprint density at radius 2 is 1.75 bits per heavy atom. The van der Waals surface area contributed by atoms with Gasteiger partial charge in [-0.2, -0.15) is 4.31 Å². The molecule has 2 rings (SSSR count). The van der Waals surface area contributed by atoms with Crippen LogP contribution in [0, 0.1) is 0 Å². The summed E-state index contributed by atoms with van der Waals surface area (Å²) in [6, 6.07) is 13.7. The number of ether oxygens (including phenoxy) is 1. The number of rotatable bonds is 10. The molecule has 28 heavy (non-hydrogen) atoms. The van der Waals surface area contributed by atoms with Crippen LogP contribution in [0.2, 0.25) is 5.02 Å². The molecule has 1 N–H and O–H groups in total. The first-order valence-electron chi connectivity index (χ1n) is 9.03. The van der Waals surface area contributed by atoms with Crippen LogP contribution in [-0.4, -0.2) is 45.4 Å². The van der Waals surface area contributed by atoms with Crippen LogP contribution < -0.4 is 10.1 Å². The van der Waals surface area contributed by atoms with Gasteiger partial charge >= 0.3 is 0 Å². The van der Waals surface area contributed by atoms with E-state index in [0.717, 1.165) is 28.5 Å². The Morgan fingerprint density at radius 1 is 1.11 bits per heavy atom. The number of hydrogen-bond donors (Lipinski definition) is 1. The molecular formula is C20H25ClN2O4S. The van der Waals surface area contributed by atoms with Crippen molar-refractivity contribution in [1.82, 2.24) is 9.62 Å². The highest BCUT2D eigenvalue weighted by molar-refractivity contribution is 7.89. The van der Waals surface area contributed by atoms with Gasteiger partial charge in [0.1, 0.15) is 5.75 Å². The molecule has 0 saturated heterocycles. The number of halogens is 1. The van der Waals surface area contributed by atoms with Crippen LogP contribution >= 0.6 is 11.6 Å². The molecule has 0 aromatic heterocycles. The average Bonchev–Trinajstić information content (AvgIpc) is 2.67. The van der Waals surface area contributed by atoms with E-state index in [4.69, 9.17) is 16.3 Å². The summed E-state index contributed by atoms with van der Waals surface area (Å²) < 4.78 is 31.3. The zero-order valence-electron chi connectivity index (χ0n) is 16.0. The van der Waals surface area contributed by atoms with Crippen molar-refractivity contribution in [3.05, 3.63) is 59.1 Å². The number of benzene rings is 2. The van der Waals surface area contributed by atoms with Crippen molar-refractivity contribution in [2.24, 2.45) is 0 Å². The molecule has 1 amide bonds. The SMILES string of the molecule is CCOc1ccc(CCCNC(=O)CN(C)S(=O)(=O)c2ccc(Cl)cc2)cc1. The van der Waals surface area contributed by atoms with Gasteiger partial charge in [0.15, 0.2) is 0 Å². The maximum atomic E-state index is 12.5. The topological polar surface area (TPSA) is 75.7 Å². The molecule has 0 saturated carbocycles. The molecule has 0 heterocycles. The van der Waals surface area contributed by atoms with Gasteiger partial charge in [0, 0.05) is 18.6 Å². The van der Waals surface area contributed by atoms with Crippen LogP contribution in [0.15, 0.2) is 53.4 Å². The summed E-state index contributed by atoms with van der Waals surface area (Å²) >= 11 is 5.78. The van der Waals surface area contributed by atoms with Crippen molar-refractivity contribution in [1.29, 1.82) is 0 Å². The third-order valence-electron chi connectivity index (χ3n) is 4.09. The minimum absolute atomic E-state index is 0.0997. The lowest BCUT2D eigenvalue weighted by Crippen LogP contribution is -2.38. The second-order valence-corrected chi connectivity index (χ2v) is 8.73. The first-order valence-corrected chi connectivity index (χ1v) is 10.8. The Hall–Kier alpha value is -2.09. The Kier molecular flexibility index (Phi) is 8.29. The van der Waals surface area contributed by atoms with Gasteiger partial charge in [-0.05, 0) is 61.7 Å². The van der Waals surface area contributed by atoms with E-state index in [0.29, 0.717) is 18.2 Å². The summed E-state index contributed by atoms with van der Waals surface area (Å²) in [6.07, 6.45) is 1.57. The van der Waals surface area contributed by atoms with Crippen molar-refractivity contribution in [2.75, 3.05) is 26.7 Å². The van der Waals surface area contributed by atoms with Crippen LogP contribution in [0.5, 0.6) is 5.75 Å². The number of amides is 1. The highest BCUT2D eigenvalue weighted by atomic mass is 35.5. The lowest BCUT2D eigenvalue weighted by molar-refractivity contribution is -0.121. The molecule has 0 fully saturated rings. The number of likely N-dealkylation sites (N-methyl/N-ethyl adjacent to an activating group) is 1. The zero-order chi connectivity index (χ0) is 20.6. The minimum Gasteiger partial charge on any atom is -0.494 e. The Labute approximate surface area is 171 Å². The fraction of sp³-hybridized carbons (Fsp3) is 0.350. The zero-order valence-corrected chi connectivity index (χ0v) is 17.6. The van der Waals surface area contributed by atoms with Gasteiger partial charge in [0.25, 0.3) is 0 Å². The normalized spacial score (nSPS) is 11.4. The van der Waals surface area contributed by atoms with E-state index < -0.39 is 10.0 Å². The van der Waals surface area contributed by atoms with Crippen LogP contribution in [0.4, 0.5) is 0 Å². The van der Waals surface area contributed by atoms with Crippen LogP contribution in [0.25, 0.3) is 0 Å². The first-order chi connectivity index (χ1) is 13.3. The summed E-state index contributed by atoms with van der Waals surface area (Å²) in [5.41, 5.74) is 1.15. The molecule has 6 nitrogen and oxygen atoms in total. The van der Waals surface area contributed by atoms with Gasteiger partial charge < -0.3 is 10.1 Å². The van der Waals surface area contributed by atoms with Gasteiger partial charge in [0.2, 0.25) is 15.9 Å². The first kappa shape index (κ1) is 22.2. The van der Waals surface area contributed by atoms with Gasteiger partial charge in [0.05, 0.1) is 18.0 Å². The van der Waals surface area contributed by atoms with E-state index >= 15 is 0 Å². The monoisotopic (exact) mass is 424 g/mol. The largest absolute Gasteiger partial charge is 0.494 e. The molecule has 0 aliphatic rings. The van der Waals surface area contributed by atoms with Gasteiger partial charge in [-0.1, -0.05) is 23.7 Å². The van der Waals surface area contributed by atoms with Crippen molar-refractivity contribution >= 4 is 27.5 Å².